The Balaban J connectivity index is 0.000000269. The molecule has 3 N–H and O–H groups in total. The molecule has 0 spiro atoms. The minimum absolute atomic E-state index is 0.0393. The normalized spacial score (nSPS) is 10.2. The monoisotopic (exact) mass is 336 g/mol. The van der Waals surface area contributed by atoms with E-state index in [2.05, 4.69) is 6.92 Å². The zero-order valence-electron chi connectivity index (χ0n) is 14.3. The molecule has 0 unspecified atom stereocenters. The molecule has 0 aliphatic carbocycles. The van der Waals surface area contributed by atoms with Gasteiger partial charge in [-0.05, 0) is 30.7 Å². The summed E-state index contributed by atoms with van der Waals surface area (Å²) in [6.07, 6.45) is 1.89. The average Bonchev–Trinajstić information content (AvgIpc) is 2.62. The first-order valence-electron chi connectivity index (χ1n) is 8.43. The highest BCUT2D eigenvalue weighted by Gasteiger charge is 2.19. The molecule has 3 aromatic rings. The fourth-order valence-electron chi connectivity index (χ4n) is 2.76. The Labute approximate surface area is 148 Å². The Hall–Kier alpha value is -2.94. The van der Waals surface area contributed by atoms with Gasteiger partial charge in [0.1, 0.15) is 17.2 Å². The zero-order chi connectivity index (χ0) is 18.1. The van der Waals surface area contributed by atoms with Crippen LogP contribution >= 0.6 is 0 Å². The molecule has 3 heteroatoms. The van der Waals surface area contributed by atoms with Gasteiger partial charge in [0.25, 0.3) is 0 Å². The average molecular weight is 336 g/mol. The van der Waals surface area contributed by atoms with Crippen molar-refractivity contribution in [2.45, 2.75) is 25.7 Å². The summed E-state index contributed by atoms with van der Waals surface area (Å²) in [5.41, 5.74) is 1.75. The van der Waals surface area contributed by atoms with Crippen LogP contribution in [0.5, 0.6) is 17.2 Å². The van der Waals surface area contributed by atoms with Crippen LogP contribution in [0.2, 0.25) is 0 Å². The predicted octanol–water partition coefficient (Wildman–Crippen LogP) is 5.42. The van der Waals surface area contributed by atoms with E-state index in [1.807, 2.05) is 42.5 Å². The summed E-state index contributed by atoms with van der Waals surface area (Å²) in [5, 5.41) is 28.6. The van der Waals surface area contributed by atoms with Gasteiger partial charge in [-0.2, -0.15) is 0 Å². The first kappa shape index (κ1) is 18.4. The molecule has 3 aromatic carbocycles. The first-order valence-corrected chi connectivity index (χ1v) is 8.43. The lowest BCUT2D eigenvalue weighted by molar-refractivity contribution is 0.450. The van der Waals surface area contributed by atoms with E-state index in [-0.39, 0.29) is 5.92 Å². The van der Waals surface area contributed by atoms with Gasteiger partial charge < -0.3 is 15.3 Å². The molecule has 3 nitrogen and oxygen atoms in total. The van der Waals surface area contributed by atoms with E-state index < -0.39 is 0 Å². The van der Waals surface area contributed by atoms with Crippen molar-refractivity contribution in [2.75, 3.05) is 0 Å². The van der Waals surface area contributed by atoms with Crippen LogP contribution in [0.25, 0.3) is 0 Å². The van der Waals surface area contributed by atoms with Crippen LogP contribution in [-0.2, 0) is 0 Å². The fraction of sp³-hybridized carbons (Fsp3) is 0.182. The van der Waals surface area contributed by atoms with E-state index in [1.165, 1.54) is 0 Å². The predicted molar refractivity (Wildman–Crippen MR) is 101 cm³/mol. The second kappa shape index (κ2) is 9.38. The number of phenolic OH excluding ortho intramolecular Hbond substituents is 3. The van der Waals surface area contributed by atoms with Crippen molar-refractivity contribution in [1.82, 2.24) is 0 Å². The summed E-state index contributed by atoms with van der Waals surface area (Å²) >= 11 is 0. The molecular formula is C22H24O3. The minimum Gasteiger partial charge on any atom is -0.508 e. The third-order valence-corrected chi connectivity index (χ3v) is 3.96. The van der Waals surface area contributed by atoms with Gasteiger partial charge >= 0.3 is 0 Å². The highest BCUT2D eigenvalue weighted by atomic mass is 16.3. The molecule has 3 rings (SSSR count). The van der Waals surface area contributed by atoms with E-state index in [0.29, 0.717) is 17.2 Å². The van der Waals surface area contributed by atoms with Crippen molar-refractivity contribution in [1.29, 1.82) is 0 Å². The van der Waals surface area contributed by atoms with Gasteiger partial charge in [-0.15, -0.1) is 0 Å². The van der Waals surface area contributed by atoms with Crippen molar-refractivity contribution in [3.05, 3.63) is 90.0 Å². The maximum atomic E-state index is 9.98. The number of benzene rings is 3. The number of rotatable bonds is 4. The first-order chi connectivity index (χ1) is 12.1. The second-order valence-corrected chi connectivity index (χ2v) is 5.79. The molecule has 0 radical (unpaired) electrons. The van der Waals surface area contributed by atoms with Crippen molar-refractivity contribution in [3.63, 3.8) is 0 Å². The molecule has 0 bridgehead atoms. The molecule has 0 aliphatic heterocycles. The summed E-state index contributed by atoms with van der Waals surface area (Å²) in [5.74, 6) is 0.943. The molecule has 0 aliphatic rings. The summed E-state index contributed by atoms with van der Waals surface area (Å²) < 4.78 is 0. The van der Waals surface area contributed by atoms with Crippen LogP contribution in [0, 0.1) is 0 Å². The second-order valence-electron chi connectivity index (χ2n) is 5.79. The Morgan fingerprint density at radius 1 is 0.640 bits per heavy atom. The maximum absolute atomic E-state index is 9.98. The molecule has 0 saturated heterocycles. The van der Waals surface area contributed by atoms with Crippen molar-refractivity contribution < 1.29 is 15.3 Å². The third-order valence-electron chi connectivity index (χ3n) is 3.96. The highest BCUT2D eigenvalue weighted by molar-refractivity contribution is 5.45. The number of para-hydroxylation sites is 3. The summed E-state index contributed by atoms with van der Waals surface area (Å²) in [6.45, 7) is 2.10. The van der Waals surface area contributed by atoms with E-state index in [0.717, 1.165) is 24.0 Å². The summed E-state index contributed by atoms with van der Waals surface area (Å²) in [6, 6.07) is 23.4. The van der Waals surface area contributed by atoms with Crippen LogP contribution < -0.4 is 0 Å². The lowest BCUT2D eigenvalue weighted by atomic mass is 9.86. The topological polar surface area (TPSA) is 60.7 Å². The SMILES string of the molecule is CCCC(c1ccccc1O)c1ccccc1O.Oc1ccccc1. The Morgan fingerprint density at radius 2 is 1.08 bits per heavy atom. The molecule has 0 aromatic heterocycles. The Kier molecular flexibility index (Phi) is 6.90. The maximum Gasteiger partial charge on any atom is 0.119 e. The summed E-state index contributed by atoms with van der Waals surface area (Å²) in [7, 11) is 0. The van der Waals surface area contributed by atoms with E-state index >= 15 is 0 Å². The van der Waals surface area contributed by atoms with Crippen LogP contribution in [0.1, 0.15) is 36.8 Å². The fourth-order valence-corrected chi connectivity index (χ4v) is 2.76. The number of phenols is 3. The molecule has 0 amide bonds. The number of hydrogen-bond acceptors (Lipinski definition) is 3. The van der Waals surface area contributed by atoms with Gasteiger partial charge in [-0.25, -0.2) is 0 Å². The highest BCUT2D eigenvalue weighted by Crippen LogP contribution is 2.38. The third kappa shape index (κ3) is 5.28. The van der Waals surface area contributed by atoms with Crippen molar-refractivity contribution in [2.24, 2.45) is 0 Å². The van der Waals surface area contributed by atoms with Crippen molar-refractivity contribution in [3.8, 4) is 17.2 Å². The number of hydrogen-bond donors (Lipinski definition) is 3. The lowest BCUT2D eigenvalue weighted by Crippen LogP contribution is -2.01. The van der Waals surface area contributed by atoms with Gasteiger partial charge in [0.2, 0.25) is 0 Å². The largest absolute Gasteiger partial charge is 0.508 e. The van der Waals surface area contributed by atoms with Crippen LogP contribution in [0.15, 0.2) is 78.9 Å². The Morgan fingerprint density at radius 3 is 1.44 bits per heavy atom. The van der Waals surface area contributed by atoms with Gasteiger partial charge in [0, 0.05) is 17.0 Å². The molecule has 130 valence electrons. The van der Waals surface area contributed by atoms with E-state index in [4.69, 9.17) is 5.11 Å². The minimum atomic E-state index is 0.0393. The zero-order valence-corrected chi connectivity index (χ0v) is 14.3. The quantitative estimate of drug-likeness (QED) is 0.596. The van der Waals surface area contributed by atoms with Crippen LogP contribution in [0.3, 0.4) is 0 Å². The Bertz CT molecular complexity index is 723. The van der Waals surface area contributed by atoms with Gasteiger partial charge in [0.15, 0.2) is 0 Å². The molecule has 0 fully saturated rings. The number of aromatic hydroxyl groups is 3. The van der Waals surface area contributed by atoms with Gasteiger partial charge in [-0.3, -0.25) is 0 Å². The molecule has 0 saturated carbocycles. The van der Waals surface area contributed by atoms with Gasteiger partial charge in [0.05, 0.1) is 0 Å². The standard InChI is InChI=1S/C16H18O2.C6H6O/c1-2-7-12(13-8-3-5-10-15(13)17)14-9-4-6-11-16(14)18;7-6-4-2-1-3-5-6/h3-6,8-12,17-18H,2,7H2,1H3;1-5,7H. The molecule has 25 heavy (non-hydrogen) atoms. The van der Waals surface area contributed by atoms with Gasteiger partial charge in [-0.1, -0.05) is 67.9 Å². The molecular weight excluding hydrogens is 312 g/mol. The lowest BCUT2D eigenvalue weighted by Gasteiger charge is -2.19. The van der Waals surface area contributed by atoms with E-state index in [9.17, 15) is 10.2 Å². The molecule has 0 heterocycles. The molecule has 0 atom stereocenters. The summed E-state index contributed by atoms with van der Waals surface area (Å²) in [4.78, 5) is 0. The smallest absolute Gasteiger partial charge is 0.119 e. The van der Waals surface area contributed by atoms with Crippen molar-refractivity contribution >= 4 is 0 Å². The van der Waals surface area contributed by atoms with E-state index in [1.54, 1.807) is 36.4 Å². The van der Waals surface area contributed by atoms with Crippen LogP contribution in [0.4, 0.5) is 0 Å². The van der Waals surface area contributed by atoms with Crippen LogP contribution in [-0.4, -0.2) is 15.3 Å².